The van der Waals surface area contributed by atoms with Crippen molar-refractivity contribution in [3.63, 3.8) is 0 Å². The third-order valence-corrected chi connectivity index (χ3v) is 3.36. The molecule has 1 aliphatic rings. The van der Waals surface area contributed by atoms with Gasteiger partial charge in [-0.25, -0.2) is 0 Å². The third-order valence-electron chi connectivity index (χ3n) is 3.36. The van der Waals surface area contributed by atoms with Crippen LogP contribution in [-0.2, 0) is 0 Å². The van der Waals surface area contributed by atoms with E-state index in [1.165, 1.54) is 18.4 Å². The number of hydrogen-bond acceptors (Lipinski definition) is 3. The minimum absolute atomic E-state index is 0. The van der Waals surface area contributed by atoms with Gasteiger partial charge in [-0.05, 0) is 44.9 Å². The Labute approximate surface area is 127 Å². The van der Waals surface area contributed by atoms with Gasteiger partial charge in [0.1, 0.15) is 5.60 Å². The number of aromatic nitrogens is 1. The first kappa shape index (κ1) is 17.0. The largest absolute Gasteiger partial charge is 0.378 e. The molecular weight excluding hydrogens is 272 g/mol. The second-order valence-corrected chi connectivity index (χ2v) is 5.63. The molecule has 0 radical (unpaired) electrons. The number of aliphatic hydroxyl groups is 1. The van der Waals surface area contributed by atoms with Crippen LogP contribution in [0.1, 0.15) is 44.7 Å². The number of rotatable bonds is 2. The lowest BCUT2D eigenvalue weighted by Gasteiger charge is -2.34. The van der Waals surface area contributed by atoms with Crippen molar-refractivity contribution in [1.29, 1.82) is 0 Å². The highest BCUT2D eigenvalue weighted by Gasteiger charge is 2.23. The van der Waals surface area contributed by atoms with Gasteiger partial charge in [0, 0.05) is 18.4 Å². The van der Waals surface area contributed by atoms with Crippen molar-refractivity contribution in [3.8, 4) is 11.8 Å². The van der Waals surface area contributed by atoms with E-state index in [1.807, 2.05) is 18.5 Å². The van der Waals surface area contributed by atoms with Crippen molar-refractivity contribution < 1.29 is 5.11 Å². The van der Waals surface area contributed by atoms with Crippen molar-refractivity contribution >= 4 is 12.4 Å². The van der Waals surface area contributed by atoms with Gasteiger partial charge in [0.2, 0.25) is 0 Å². The maximum Gasteiger partial charge on any atom is 0.120 e. The molecular formula is C16H23ClN2O. The molecule has 1 unspecified atom stereocenters. The third kappa shape index (κ3) is 5.13. The first-order valence-electron chi connectivity index (χ1n) is 6.93. The van der Waals surface area contributed by atoms with Crippen LogP contribution in [0.3, 0.4) is 0 Å². The Kier molecular flexibility index (Phi) is 6.48. The van der Waals surface area contributed by atoms with E-state index in [0.717, 1.165) is 13.0 Å². The average molecular weight is 295 g/mol. The number of piperidine rings is 1. The second-order valence-electron chi connectivity index (χ2n) is 5.63. The van der Waals surface area contributed by atoms with Gasteiger partial charge in [-0.2, -0.15) is 0 Å². The van der Waals surface area contributed by atoms with Crippen LogP contribution in [0.4, 0.5) is 0 Å². The first-order chi connectivity index (χ1) is 9.06. The molecule has 2 heterocycles. The highest BCUT2D eigenvalue weighted by molar-refractivity contribution is 5.85. The molecule has 0 amide bonds. The Morgan fingerprint density at radius 3 is 2.90 bits per heavy atom. The number of hydrogen-bond donors (Lipinski definition) is 1. The van der Waals surface area contributed by atoms with E-state index in [4.69, 9.17) is 0 Å². The van der Waals surface area contributed by atoms with Crippen LogP contribution in [0.25, 0.3) is 0 Å². The molecule has 1 N–H and O–H groups in total. The molecule has 2 rings (SSSR count). The maximum absolute atomic E-state index is 9.63. The molecule has 0 spiro atoms. The fourth-order valence-electron chi connectivity index (χ4n) is 2.49. The van der Waals surface area contributed by atoms with E-state index in [1.54, 1.807) is 13.8 Å². The standard InChI is InChI=1S/C16H22N2O.ClH/c1-16(2,19)9-6-12-18-11-4-3-8-15(18)14-7-5-10-17-13-14;/h5,7,10,13,15,19H,3-4,8,11-12H2,1-2H3;1H. The summed E-state index contributed by atoms with van der Waals surface area (Å²) in [5.74, 6) is 5.99. The highest BCUT2D eigenvalue weighted by atomic mass is 35.5. The Balaban J connectivity index is 0.00000200. The Hall–Kier alpha value is -1.08. The van der Waals surface area contributed by atoms with Crippen molar-refractivity contribution in [2.45, 2.75) is 44.8 Å². The number of likely N-dealkylation sites (tertiary alicyclic amines) is 1. The van der Waals surface area contributed by atoms with Crippen molar-refractivity contribution in [2.75, 3.05) is 13.1 Å². The topological polar surface area (TPSA) is 36.4 Å². The molecule has 1 atom stereocenters. The van der Waals surface area contributed by atoms with Crippen molar-refractivity contribution in [2.24, 2.45) is 0 Å². The lowest BCUT2D eigenvalue weighted by Crippen LogP contribution is -2.34. The van der Waals surface area contributed by atoms with Crippen LogP contribution in [0.2, 0.25) is 0 Å². The maximum atomic E-state index is 9.63. The van der Waals surface area contributed by atoms with Crippen molar-refractivity contribution in [1.82, 2.24) is 9.88 Å². The minimum Gasteiger partial charge on any atom is -0.378 e. The molecule has 20 heavy (non-hydrogen) atoms. The van der Waals surface area contributed by atoms with Crippen LogP contribution in [0.15, 0.2) is 24.5 Å². The molecule has 0 aromatic carbocycles. The molecule has 1 fully saturated rings. The molecule has 1 aromatic heterocycles. The van der Waals surface area contributed by atoms with Gasteiger partial charge < -0.3 is 5.11 Å². The number of nitrogens with zero attached hydrogens (tertiary/aromatic N) is 2. The van der Waals surface area contributed by atoms with Crippen molar-refractivity contribution in [3.05, 3.63) is 30.1 Å². The van der Waals surface area contributed by atoms with E-state index in [2.05, 4.69) is 27.8 Å². The summed E-state index contributed by atoms with van der Waals surface area (Å²) in [5.41, 5.74) is 0.367. The molecule has 3 nitrogen and oxygen atoms in total. The number of halogens is 1. The van der Waals surface area contributed by atoms with Gasteiger partial charge in [-0.15, -0.1) is 12.4 Å². The molecule has 0 bridgehead atoms. The lowest BCUT2D eigenvalue weighted by atomic mass is 9.96. The zero-order valence-corrected chi connectivity index (χ0v) is 13.0. The van der Waals surface area contributed by atoms with Gasteiger partial charge in [0.25, 0.3) is 0 Å². The zero-order chi connectivity index (χ0) is 13.7. The highest BCUT2D eigenvalue weighted by Crippen LogP contribution is 2.29. The predicted molar refractivity (Wildman–Crippen MR) is 83.7 cm³/mol. The van der Waals surface area contributed by atoms with Gasteiger partial charge in [-0.1, -0.05) is 24.3 Å². The summed E-state index contributed by atoms with van der Waals surface area (Å²) in [4.78, 5) is 6.60. The van der Waals surface area contributed by atoms with Gasteiger partial charge >= 0.3 is 0 Å². The summed E-state index contributed by atoms with van der Waals surface area (Å²) in [6.45, 7) is 5.22. The molecule has 0 aliphatic carbocycles. The SMILES string of the molecule is CC(C)(O)C#CCN1CCCCC1c1cccnc1.Cl. The van der Waals surface area contributed by atoms with Gasteiger partial charge in [0.05, 0.1) is 6.54 Å². The second kappa shape index (κ2) is 7.64. The van der Waals surface area contributed by atoms with Crippen LogP contribution < -0.4 is 0 Å². The summed E-state index contributed by atoms with van der Waals surface area (Å²) in [5, 5.41) is 9.63. The van der Waals surface area contributed by atoms with E-state index in [-0.39, 0.29) is 12.4 Å². The molecule has 1 aromatic rings. The summed E-state index contributed by atoms with van der Waals surface area (Å²) in [6, 6.07) is 4.54. The smallest absolute Gasteiger partial charge is 0.120 e. The van der Waals surface area contributed by atoms with Crippen LogP contribution in [-0.4, -0.2) is 33.7 Å². The van der Waals surface area contributed by atoms with Gasteiger partial charge in [0.15, 0.2) is 0 Å². The number of pyridine rings is 1. The van der Waals surface area contributed by atoms with Gasteiger partial charge in [-0.3, -0.25) is 9.88 Å². The molecule has 4 heteroatoms. The first-order valence-corrected chi connectivity index (χ1v) is 6.93. The van der Waals surface area contributed by atoms with E-state index >= 15 is 0 Å². The fraction of sp³-hybridized carbons (Fsp3) is 0.562. The summed E-state index contributed by atoms with van der Waals surface area (Å²) >= 11 is 0. The Morgan fingerprint density at radius 1 is 1.45 bits per heavy atom. The normalized spacial score (nSPS) is 19.6. The predicted octanol–water partition coefficient (Wildman–Crippen LogP) is 2.80. The monoisotopic (exact) mass is 294 g/mol. The summed E-state index contributed by atoms with van der Waals surface area (Å²) in [6.07, 6.45) is 7.41. The molecule has 1 saturated heterocycles. The Bertz CT molecular complexity index is 459. The zero-order valence-electron chi connectivity index (χ0n) is 12.2. The molecule has 0 saturated carbocycles. The summed E-state index contributed by atoms with van der Waals surface area (Å²) < 4.78 is 0. The lowest BCUT2D eigenvalue weighted by molar-refractivity contribution is 0.142. The quantitative estimate of drug-likeness (QED) is 0.852. The fourth-order valence-corrected chi connectivity index (χ4v) is 2.49. The van der Waals surface area contributed by atoms with E-state index < -0.39 is 5.60 Å². The van der Waals surface area contributed by atoms with E-state index in [0.29, 0.717) is 12.6 Å². The summed E-state index contributed by atoms with van der Waals surface area (Å²) in [7, 11) is 0. The minimum atomic E-state index is -0.903. The van der Waals surface area contributed by atoms with Crippen LogP contribution in [0.5, 0.6) is 0 Å². The molecule has 110 valence electrons. The average Bonchev–Trinajstić information content (AvgIpc) is 2.39. The van der Waals surface area contributed by atoms with Crippen LogP contribution in [0, 0.1) is 11.8 Å². The van der Waals surface area contributed by atoms with Crippen LogP contribution >= 0.6 is 12.4 Å². The Morgan fingerprint density at radius 2 is 2.25 bits per heavy atom. The molecule has 1 aliphatic heterocycles. The van der Waals surface area contributed by atoms with E-state index in [9.17, 15) is 5.11 Å².